The van der Waals surface area contributed by atoms with E-state index >= 15 is 0 Å². The van der Waals surface area contributed by atoms with Crippen LogP contribution >= 0.6 is 15.9 Å². The molecular weight excluding hydrogens is 531 g/mol. The molecule has 178 valence electrons. The monoisotopic (exact) mass is 547 g/mol. The minimum Gasteiger partial charge on any atom is -0.475 e. The third kappa shape index (κ3) is 8.94. The molecule has 1 aromatic heterocycles. The Balaban J connectivity index is 0.000000852. The van der Waals surface area contributed by atoms with Gasteiger partial charge in [0.25, 0.3) is 0 Å². The van der Waals surface area contributed by atoms with E-state index in [4.69, 9.17) is 15.6 Å². The molecule has 2 rings (SSSR count). The SMILES string of the molecule is CN.C[C@@]1(c2nc(Br)ccc2F)CS(=O)N(CC(F)(F)F)C(N)=N1.O=C(O)C(F)(F)F. The molecule has 5 N–H and O–H groups in total. The number of aliphatic imine (C=N–C) groups is 1. The number of halogens is 8. The molecule has 1 aromatic rings. The van der Waals surface area contributed by atoms with Gasteiger partial charge in [-0.25, -0.2) is 23.4 Å². The Morgan fingerprint density at radius 3 is 2.16 bits per heavy atom. The summed E-state index contributed by atoms with van der Waals surface area (Å²) in [4.78, 5) is 16.7. The van der Waals surface area contributed by atoms with Gasteiger partial charge in [0.1, 0.15) is 39.2 Å². The lowest BCUT2D eigenvalue weighted by Gasteiger charge is -2.35. The maximum Gasteiger partial charge on any atom is 0.490 e. The standard InChI is InChI=1S/C11H11BrF4N4OS.C2HF3O2.CH5N/c1-10(8-6(13)2-3-7(12)18-8)5-22(21)20(9(17)19-10)4-11(14,15)16;3-2(4,5)1(6)7;1-2/h2-3H,4-5H2,1H3,(H2,17,19);(H,6,7);2H2,1H3/t10-,22?;;/m0../s1. The van der Waals surface area contributed by atoms with Gasteiger partial charge in [-0.2, -0.15) is 26.3 Å². The number of aliphatic carboxylic acids is 1. The van der Waals surface area contributed by atoms with Crippen molar-refractivity contribution in [3.63, 3.8) is 0 Å². The van der Waals surface area contributed by atoms with Crippen molar-refractivity contribution in [2.45, 2.75) is 24.8 Å². The number of guanidine groups is 1. The van der Waals surface area contributed by atoms with Crippen LogP contribution in [0.5, 0.6) is 0 Å². The zero-order valence-electron chi connectivity index (χ0n) is 15.8. The van der Waals surface area contributed by atoms with E-state index in [9.17, 15) is 34.9 Å². The molecule has 2 atom stereocenters. The number of nitrogens with zero attached hydrogens (tertiary/aromatic N) is 3. The van der Waals surface area contributed by atoms with Crippen LogP contribution < -0.4 is 11.5 Å². The summed E-state index contributed by atoms with van der Waals surface area (Å²) in [6.07, 6.45) is -9.66. The van der Waals surface area contributed by atoms with E-state index in [0.717, 1.165) is 6.07 Å². The lowest BCUT2D eigenvalue weighted by Crippen LogP contribution is -2.52. The highest BCUT2D eigenvalue weighted by Crippen LogP contribution is 2.33. The van der Waals surface area contributed by atoms with Crippen LogP contribution in [0.25, 0.3) is 0 Å². The quantitative estimate of drug-likeness (QED) is 0.384. The summed E-state index contributed by atoms with van der Waals surface area (Å²) in [5, 5.41) is 7.12. The number of pyridine rings is 1. The van der Waals surface area contributed by atoms with Gasteiger partial charge in [-0.05, 0) is 42.0 Å². The normalized spacial score (nSPS) is 21.2. The minimum absolute atomic E-state index is 0.134. The van der Waals surface area contributed by atoms with Gasteiger partial charge in [0.2, 0.25) is 5.96 Å². The maximum atomic E-state index is 13.9. The molecule has 1 aliphatic heterocycles. The number of carboxylic acids is 1. The lowest BCUT2D eigenvalue weighted by atomic mass is 10.00. The molecule has 1 aliphatic rings. The first-order valence-corrected chi connectivity index (χ1v) is 9.81. The molecule has 0 spiro atoms. The first-order chi connectivity index (χ1) is 14.0. The molecule has 0 saturated heterocycles. The molecule has 0 radical (unpaired) electrons. The van der Waals surface area contributed by atoms with E-state index in [1.54, 1.807) is 0 Å². The molecule has 31 heavy (non-hydrogen) atoms. The zero-order valence-corrected chi connectivity index (χ0v) is 18.2. The number of hydrogen-bond acceptors (Lipinski definition) is 6. The van der Waals surface area contributed by atoms with Gasteiger partial charge in [-0.1, -0.05) is 0 Å². The smallest absolute Gasteiger partial charge is 0.475 e. The van der Waals surface area contributed by atoms with Gasteiger partial charge in [0, 0.05) is 0 Å². The van der Waals surface area contributed by atoms with Gasteiger partial charge < -0.3 is 16.6 Å². The van der Waals surface area contributed by atoms with Crippen molar-refractivity contribution in [1.29, 1.82) is 0 Å². The van der Waals surface area contributed by atoms with Crippen molar-refractivity contribution < 1.29 is 44.8 Å². The second-order valence-electron chi connectivity index (χ2n) is 5.63. The molecular formula is C14H17BrF7N5O3S. The van der Waals surface area contributed by atoms with Crippen LogP contribution in [0.15, 0.2) is 21.7 Å². The summed E-state index contributed by atoms with van der Waals surface area (Å²) in [6, 6.07) is 2.50. The van der Waals surface area contributed by atoms with Gasteiger partial charge in [0.15, 0.2) is 0 Å². The number of hydrogen-bond donors (Lipinski definition) is 3. The average molecular weight is 548 g/mol. The van der Waals surface area contributed by atoms with Gasteiger partial charge in [-0.3, -0.25) is 4.31 Å². The van der Waals surface area contributed by atoms with Crippen LogP contribution in [-0.2, 0) is 21.3 Å². The van der Waals surface area contributed by atoms with Crippen molar-refractivity contribution in [3.8, 4) is 0 Å². The highest BCUT2D eigenvalue weighted by molar-refractivity contribution is 9.10. The van der Waals surface area contributed by atoms with E-state index < -0.39 is 53.2 Å². The van der Waals surface area contributed by atoms with Crippen LogP contribution in [0, 0.1) is 5.82 Å². The molecule has 0 amide bonds. The van der Waals surface area contributed by atoms with Crippen molar-refractivity contribution in [1.82, 2.24) is 9.29 Å². The molecule has 1 unspecified atom stereocenters. The maximum absolute atomic E-state index is 13.9. The van der Waals surface area contributed by atoms with E-state index in [-0.39, 0.29) is 11.4 Å². The Labute approximate surface area is 182 Å². The third-order valence-corrected chi connectivity index (χ3v) is 5.21. The largest absolute Gasteiger partial charge is 0.490 e. The predicted molar refractivity (Wildman–Crippen MR) is 100 cm³/mol. The molecule has 0 bridgehead atoms. The van der Waals surface area contributed by atoms with Gasteiger partial charge >= 0.3 is 18.3 Å². The van der Waals surface area contributed by atoms with Crippen molar-refractivity contribution >= 4 is 38.8 Å². The number of aromatic nitrogens is 1. The predicted octanol–water partition coefficient (Wildman–Crippen LogP) is 2.26. The molecule has 8 nitrogen and oxygen atoms in total. The summed E-state index contributed by atoms with van der Waals surface area (Å²) >= 11 is 3.08. The molecule has 0 saturated carbocycles. The van der Waals surface area contributed by atoms with Crippen molar-refractivity contribution in [2.75, 3.05) is 19.3 Å². The molecule has 0 aliphatic carbocycles. The van der Waals surface area contributed by atoms with E-state index in [1.807, 2.05) is 0 Å². The Bertz CT molecular complexity index is 837. The second-order valence-corrected chi connectivity index (χ2v) is 7.81. The van der Waals surface area contributed by atoms with Crippen LogP contribution in [-0.4, -0.2) is 62.2 Å². The lowest BCUT2D eigenvalue weighted by molar-refractivity contribution is -0.192. The summed E-state index contributed by atoms with van der Waals surface area (Å²) < 4.78 is 95.9. The molecule has 0 aromatic carbocycles. The van der Waals surface area contributed by atoms with Crippen LogP contribution in [0.3, 0.4) is 0 Å². The Hall–Kier alpha value is -2.01. The fraction of sp³-hybridized carbons (Fsp3) is 0.500. The number of nitrogens with two attached hydrogens (primary N) is 2. The Kier molecular flexibility index (Phi) is 10.3. The fourth-order valence-electron chi connectivity index (χ4n) is 2.00. The van der Waals surface area contributed by atoms with Gasteiger partial charge in [0.05, 0.1) is 5.75 Å². The summed E-state index contributed by atoms with van der Waals surface area (Å²) in [7, 11) is -0.604. The summed E-state index contributed by atoms with van der Waals surface area (Å²) in [5.74, 6) is -4.38. The summed E-state index contributed by atoms with van der Waals surface area (Å²) in [5.41, 5.74) is 8.45. The van der Waals surface area contributed by atoms with Crippen LogP contribution in [0.1, 0.15) is 12.6 Å². The highest BCUT2D eigenvalue weighted by atomic mass is 79.9. The molecule has 17 heteroatoms. The number of rotatable bonds is 2. The van der Waals surface area contributed by atoms with Crippen LogP contribution in [0.2, 0.25) is 0 Å². The number of alkyl halides is 6. The molecule has 2 heterocycles. The minimum atomic E-state index is -5.08. The van der Waals surface area contributed by atoms with Crippen LogP contribution in [0.4, 0.5) is 30.7 Å². The molecule has 0 fully saturated rings. The number of carbonyl (C=O) groups is 1. The van der Waals surface area contributed by atoms with Crippen molar-refractivity contribution in [3.05, 3.63) is 28.2 Å². The van der Waals surface area contributed by atoms with Crippen molar-refractivity contribution in [2.24, 2.45) is 16.5 Å². The highest BCUT2D eigenvalue weighted by Gasteiger charge is 2.43. The number of carboxylic acid groups (broad SMARTS) is 1. The summed E-state index contributed by atoms with van der Waals surface area (Å²) in [6.45, 7) is -0.0695. The Morgan fingerprint density at radius 2 is 1.77 bits per heavy atom. The topological polar surface area (TPSA) is 135 Å². The van der Waals surface area contributed by atoms with E-state index in [2.05, 4.69) is 31.6 Å². The Morgan fingerprint density at radius 1 is 1.29 bits per heavy atom. The third-order valence-electron chi connectivity index (χ3n) is 3.15. The van der Waals surface area contributed by atoms with Gasteiger partial charge in [-0.15, -0.1) is 0 Å². The first kappa shape index (κ1) is 29.0. The van der Waals surface area contributed by atoms with E-state index in [1.165, 1.54) is 20.0 Å². The second kappa shape index (κ2) is 11.0. The average Bonchev–Trinajstić information content (AvgIpc) is 2.61. The van der Waals surface area contributed by atoms with E-state index in [0.29, 0.717) is 8.91 Å². The zero-order chi connectivity index (χ0) is 24.8. The fourth-order valence-corrected chi connectivity index (χ4v) is 3.68. The first-order valence-electron chi connectivity index (χ1n) is 7.75.